The molecule has 146 valence electrons. The Labute approximate surface area is 158 Å². The Morgan fingerprint density at radius 1 is 1.11 bits per heavy atom. The summed E-state index contributed by atoms with van der Waals surface area (Å²) in [5.74, 6) is -3.24. The number of carbonyl (C=O) groups is 1. The average molecular weight is 407 g/mol. The monoisotopic (exact) mass is 406 g/mol. The van der Waals surface area contributed by atoms with E-state index in [4.69, 9.17) is 5.73 Å². The molecule has 3 N–H and O–H groups in total. The van der Waals surface area contributed by atoms with Gasteiger partial charge in [-0.05, 0) is 53.8 Å². The van der Waals surface area contributed by atoms with E-state index in [0.717, 1.165) is 24.3 Å². The zero-order valence-corrected chi connectivity index (χ0v) is 14.6. The highest BCUT2D eigenvalue weighted by atomic mass is 35.5. The topological polar surface area (TPSA) is 55.1 Å². The lowest BCUT2D eigenvalue weighted by atomic mass is 10.1. The molecule has 0 spiro atoms. The van der Waals surface area contributed by atoms with Gasteiger partial charge in [-0.2, -0.15) is 13.2 Å². The predicted octanol–water partition coefficient (Wildman–Crippen LogP) is 4.61. The Kier molecular flexibility index (Phi) is 6.11. The number of alkyl halides is 3. The maximum Gasteiger partial charge on any atom is 0.416 e. The van der Waals surface area contributed by atoms with E-state index in [9.17, 15) is 26.7 Å². The molecule has 1 fully saturated rings. The van der Waals surface area contributed by atoms with Gasteiger partial charge in [-0.25, -0.2) is 8.78 Å². The van der Waals surface area contributed by atoms with Crippen LogP contribution in [0.3, 0.4) is 0 Å². The fraction of sp³-hybridized carbons (Fsp3) is 0.278. The van der Waals surface area contributed by atoms with E-state index in [0.29, 0.717) is 12.0 Å². The summed E-state index contributed by atoms with van der Waals surface area (Å²) in [6.07, 6.45) is -4.14. The van der Waals surface area contributed by atoms with Crippen LogP contribution in [-0.4, -0.2) is 5.91 Å². The molecular formula is C18H16ClF5N2O. The van der Waals surface area contributed by atoms with Crippen molar-refractivity contribution in [3.63, 3.8) is 0 Å². The molecule has 2 atom stereocenters. The third-order valence-electron chi connectivity index (χ3n) is 4.32. The van der Waals surface area contributed by atoms with Crippen molar-refractivity contribution in [2.45, 2.75) is 25.1 Å². The second-order valence-electron chi connectivity index (χ2n) is 6.23. The van der Waals surface area contributed by atoms with E-state index in [1.165, 1.54) is 12.1 Å². The van der Waals surface area contributed by atoms with Gasteiger partial charge in [0.1, 0.15) is 0 Å². The molecule has 1 aliphatic carbocycles. The Hall–Kier alpha value is -2.19. The normalized spacial score (nSPS) is 18.6. The first-order valence-electron chi connectivity index (χ1n) is 7.86. The second kappa shape index (κ2) is 7.82. The third-order valence-corrected chi connectivity index (χ3v) is 4.32. The van der Waals surface area contributed by atoms with Crippen molar-refractivity contribution in [2.24, 2.45) is 11.7 Å². The van der Waals surface area contributed by atoms with Gasteiger partial charge < -0.3 is 11.1 Å². The van der Waals surface area contributed by atoms with E-state index < -0.39 is 35.2 Å². The zero-order valence-electron chi connectivity index (χ0n) is 13.8. The highest BCUT2D eigenvalue weighted by Gasteiger charge is 2.44. The molecule has 0 saturated heterocycles. The molecule has 27 heavy (non-hydrogen) atoms. The van der Waals surface area contributed by atoms with Crippen molar-refractivity contribution < 1.29 is 26.7 Å². The van der Waals surface area contributed by atoms with Gasteiger partial charge in [-0.1, -0.05) is 6.07 Å². The van der Waals surface area contributed by atoms with Crippen LogP contribution in [0.1, 0.15) is 29.0 Å². The van der Waals surface area contributed by atoms with Crippen LogP contribution in [0.4, 0.5) is 27.6 Å². The third kappa shape index (κ3) is 4.75. The number of hydrogen-bond donors (Lipinski definition) is 2. The summed E-state index contributed by atoms with van der Waals surface area (Å²) >= 11 is 0. The maximum atomic E-state index is 13.3. The molecule has 0 radical (unpaired) electrons. The van der Waals surface area contributed by atoms with Gasteiger partial charge >= 0.3 is 6.18 Å². The molecule has 0 aromatic heterocycles. The van der Waals surface area contributed by atoms with Crippen LogP contribution in [0.5, 0.6) is 0 Å². The van der Waals surface area contributed by atoms with Crippen LogP contribution in [0.15, 0.2) is 36.4 Å². The minimum absolute atomic E-state index is 0. The summed E-state index contributed by atoms with van der Waals surface area (Å²) in [6, 6.07) is 6.56. The average Bonchev–Trinajstić information content (AvgIpc) is 3.37. The molecule has 1 amide bonds. The SMILES string of the molecule is Cl.NCc1cc(NC(=O)C2CC2c2ccc(F)c(F)c2)cc(C(F)(F)F)c1. The van der Waals surface area contributed by atoms with Crippen LogP contribution < -0.4 is 11.1 Å². The first-order chi connectivity index (χ1) is 12.2. The van der Waals surface area contributed by atoms with Crippen molar-refractivity contribution in [2.75, 3.05) is 5.32 Å². The maximum absolute atomic E-state index is 13.3. The fourth-order valence-electron chi connectivity index (χ4n) is 2.88. The summed E-state index contributed by atoms with van der Waals surface area (Å²) < 4.78 is 65.0. The molecule has 0 bridgehead atoms. The smallest absolute Gasteiger partial charge is 0.326 e. The fourth-order valence-corrected chi connectivity index (χ4v) is 2.88. The number of nitrogens with one attached hydrogen (secondary N) is 1. The minimum atomic E-state index is -4.56. The van der Waals surface area contributed by atoms with E-state index >= 15 is 0 Å². The van der Waals surface area contributed by atoms with Gasteiger partial charge in [0.25, 0.3) is 0 Å². The minimum Gasteiger partial charge on any atom is -0.326 e. The number of benzene rings is 2. The molecule has 0 aliphatic heterocycles. The molecule has 1 saturated carbocycles. The molecule has 2 unspecified atom stereocenters. The summed E-state index contributed by atoms with van der Waals surface area (Å²) in [6.45, 7) is -0.103. The predicted molar refractivity (Wildman–Crippen MR) is 92.4 cm³/mol. The van der Waals surface area contributed by atoms with E-state index in [-0.39, 0.29) is 36.1 Å². The molecule has 0 heterocycles. The standard InChI is InChI=1S/C18H15F5N2O.ClH/c19-15-2-1-10(5-16(15)20)13-7-14(13)17(26)25-12-4-9(8-24)3-11(6-12)18(21,22)23;/h1-6,13-14H,7-8,24H2,(H,25,26);1H. The highest BCUT2D eigenvalue weighted by molar-refractivity contribution is 5.95. The Balaban J connectivity index is 0.00000261. The number of hydrogen-bond acceptors (Lipinski definition) is 2. The van der Waals surface area contributed by atoms with Crippen molar-refractivity contribution in [1.29, 1.82) is 0 Å². The quantitative estimate of drug-likeness (QED) is 0.729. The summed E-state index contributed by atoms with van der Waals surface area (Å²) in [5.41, 5.74) is 5.23. The van der Waals surface area contributed by atoms with Gasteiger partial charge in [0.05, 0.1) is 5.56 Å². The lowest BCUT2D eigenvalue weighted by Gasteiger charge is -2.12. The highest BCUT2D eigenvalue weighted by Crippen LogP contribution is 2.48. The van der Waals surface area contributed by atoms with Gasteiger partial charge in [0.15, 0.2) is 11.6 Å². The van der Waals surface area contributed by atoms with Crippen LogP contribution in [0.2, 0.25) is 0 Å². The van der Waals surface area contributed by atoms with E-state index in [2.05, 4.69) is 5.32 Å². The van der Waals surface area contributed by atoms with Crippen LogP contribution in [0, 0.1) is 17.6 Å². The first kappa shape index (κ1) is 21.1. The lowest BCUT2D eigenvalue weighted by molar-refractivity contribution is -0.137. The van der Waals surface area contributed by atoms with Crippen molar-refractivity contribution in [1.82, 2.24) is 0 Å². The second-order valence-corrected chi connectivity index (χ2v) is 6.23. The number of amides is 1. The Morgan fingerprint density at radius 2 is 1.81 bits per heavy atom. The number of halogens is 6. The molecule has 3 nitrogen and oxygen atoms in total. The number of nitrogens with two attached hydrogens (primary N) is 1. The van der Waals surface area contributed by atoms with Crippen molar-refractivity contribution >= 4 is 24.0 Å². The van der Waals surface area contributed by atoms with Gasteiger partial charge in [-0.15, -0.1) is 12.4 Å². The van der Waals surface area contributed by atoms with E-state index in [1.807, 2.05) is 0 Å². The number of anilines is 1. The van der Waals surface area contributed by atoms with Crippen molar-refractivity contribution in [3.8, 4) is 0 Å². The zero-order chi connectivity index (χ0) is 19.1. The number of rotatable bonds is 4. The largest absolute Gasteiger partial charge is 0.416 e. The van der Waals surface area contributed by atoms with Crippen LogP contribution in [0.25, 0.3) is 0 Å². The molecule has 2 aromatic carbocycles. The summed E-state index contributed by atoms with van der Waals surface area (Å²) in [4.78, 5) is 12.3. The van der Waals surface area contributed by atoms with Crippen molar-refractivity contribution in [3.05, 3.63) is 64.7 Å². The number of carbonyl (C=O) groups excluding carboxylic acids is 1. The van der Waals surface area contributed by atoms with Gasteiger partial charge in [0.2, 0.25) is 5.91 Å². The van der Waals surface area contributed by atoms with Gasteiger partial charge in [0, 0.05) is 18.2 Å². The molecule has 2 aromatic rings. The Bertz CT molecular complexity index is 856. The molecule has 1 aliphatic rings. The van der Waals surface area contributed by atoms with E-state index in [1.54, 1.807) is 0 Å². The summed E-state index contributed by atoms with van der Waals surface area (Å²) in [7, 11) is 0. The molecular weight excluding hydrogens is 391 g/mol. The summed E-state index contributed by atoms with van der Waals surface area (Å²) in [5, 5.41) is 2.45. The molecule has 3 rings (SSSR count). The Morgan fingerprint density at radius 3 is 2.41 bits per heavy atom. The molecule has 9 heteroatoms. The van der Waals surface area contributed by atoms with Gasteiger partial charge in [-0.3, -0.25) is 4.79 Å². The van der Waals surface area contributed by atoms with Crippen LogP contribution >= 0.6 is 12.4 Å². The first-order valence-corrected chi connectivity index (χ1v) is 7.86. The lowest BCUT2D eigenvalue weighted by Crippen LogP contribution is -2.16. The van der Waals surface area contributed by atoms with Crippen LogP contribution in [-0.2, 0) is 17.5 Å².